The van der Waals surface area contributed by atoms with Gasteiger partial charge in [0.1, 0.15) is 11.6 Å². The molecule has 0 atom stereocenters. The van der Waals surface area contributed by atoms with Crippen LogP contribution in [-0.2, 0) is 6.42 Å². The highest BCUT2D eigenvalue weighted by Gasteiger charge is 2.12. The van der Waals surface area contributed by atoms with Crippen molar-refractivity contribution in [3.05, 3.63) is 45.9 Å². The highest BCUT2D eigenvalue weighted by molar-refractivity contribution is 5.64. The Bertz CT molecular complexity index is 650. The SMILES string of the molecule is CCOc1ccccc1-c1nc(C)c(CCO)c(=O)[nH]1. The maximum absolute atomic E-state index is 12.0. The van der Waals surface area contributed by atoms with E-state index in [0.717, 1.165) is 5.56 Å². The summed E-state index contributed by atoms with van der Waals surface area (Å²) in [5.74, 6) is 1.17. The Morgan fingerprint density at radius 3 is 2.75 bits per heavy atom. The number of aliphatic hydroxyl groups is 1. The molecule has 5 heteroatoms. The lowest BCUT2D eigenvalue weighted by Crippen LogP contribution is -2.18. The van der Waals surface area contributed by atoms with Gasteiger partial charge in [0.05, 0.1) is 12.2 Å². The van der Waals surface area contributed by atoms with Crippen LogP contribution in [0.15, 0.2) is 29.1 Å². The summed E-state index contributed by atoms with van der Waals surface area (Å²) in [4.78, 5) is 19.2. The van der Waals surface area contributed by atoms with Gasteiger partial charge in [0.2, 0.25) is 0 Å². The smallest absolute Gasteiger partial charge is 0.254 e. The van der Waals surface area contributed by atoms with Crippen LogP contribution in [0.5, 0.6) is 5.75 Å². The van der Waals surface area contributed by atoms with Crippen LogP contribution in [0.3, 0.4) is 0 Å². The van der Waals surface area contributed by atoms with Gasteiger partial charge < -0.3 is 14.8 Å². The zero-order valence-corrected chi connectivity index (χ0v) is 11.6. The molecule has 0 saturated heterocycles. The van der Waals surface area contributed by atoms with Gasteiger partial charge in [0.25, 0.3) is 5.56 Å². The summed E-state index contributed by atoms with van der Waals surface area (Å²) in [6.07, 6.45) is 0.307. The number of aliphatic hydroxyl groups excluding tert-OH is 1. The van der Waals surface area contributed by atoms with Gasteiger partial charge in [-0.2, -0.15) is 0 Å². The summed E-state index contributed by atoms with van der Waals surface area (Å²) in [6, 6.07) is 7.44. The van der Waals surface area contributed by atoms with Gasteiger partial charge in [0.15, 0.2) is 0 Å². The van der Waals surface area contributed by atoms with Gasteiger partial charge >= 0.3 is 0 Å². The molecule has 0 aliphatic heterocycles. The van der Waals surface area contributed by atoms with Gasteiger partial charge in [-0.3, -0.25) is 4.79 Å². The third-order valence-electron chi connectivity index (χ3n) is 3.03. The lowest BCUT2D eigenvalue weighted by atomic mass is 10.1. The molecule has 5 nitrogen and oxygen atoms in total. The number of benzene rings is 1. The molecule has 1 aromatic heterocycles. The number of rotatable bonds is 5. The largest absolute Gasteiger partial charge is 0.493 e. The van der Waals surface area contributed by atoms with Crippen molar-refractivity contribution < 1.29 is 9.84 Å². The van der Waals surface area contributed by atoms with E-state index in [4.69, 9.17) is 9.84 Å². The predicted octanol–water partition coefficient (Wildman–Crippen LogP) is 1.68. The topological polar surface area (TPSA) is 75.2 Å². The number of aryl methyl sites for hydroxylation is 1. The van der Waals surface area contributed by atoms with Gasteiger partial charge in [-0.1, -0.05) is 12.1 Å². The molecule has 2 N–H and O–H groups in total. The summed E-state index contributed by atoms with van der Waals surface area (Å²) in [5.41, 5.74) is 1.69. The van der Waals surface area contributed by atoms with Gasteiger partial charge in [0, 0.05) is 24.3 Å². The van der Waals surface area contributed by atoms with Crippen LogP contribution in [0.2, 0.25) is 0 Å². The second-order valence-electron chi connectivity index (χ2n) is 4.38. The van der Waals surface area contributed by atoms with Crippen molar-refractivity contribution >= 4 is 0 Å². The molecule has 2 aromatic rings. The van der Waals surface area contributed by atoms with Crippen molar-refractivity contribution in [2.75, 3.05) is 13.2 Å². The first-order valence-corrected chi connectivity index (χ1v) is 6.60. The summed E-state index contributed by atoms with van der Waals surface area (Å²) in [5, 5.41) is 8.97. The van der Waals surface area contributed by atoms with Crippen LogP contribution in [0.4, 0.5) is 0 Å². The van der Waals surface area contributed by atoms with Crippen molar-refractivity contribution in [3.8, 4) is 17.1 Å². The van der Waals surface area contributed by atoms with E-state index in [1.807, 2.05) is 31.2 Å². The van der Waals surface area contributed by atoms with E-state index in [9.17, 15) is 4.79 Å². The summed E-state index contributed by atoms with van der Waals surface area (Å²) in [6.45, 7) is 4.15. The zero-order valence-electron chi connectivity index (χ0n) is 11.6. The number of hydrogen-bond donors (Lipinski definition) is 2. The number of aromatic amines is 1. The van der Waals surface area contributed by atoms with E-state index in [-0.39, 0.29) is 12.2 Å². The van der Waals surface area contributed by atoms with E-state index in [0.29, 0.717) is 35.9 Å². The van der Waals surface area contributed by atoms with E-state index >= 15 is 0 Å². The predicted molar refractivity (Wildman–Crippen MR) is 77.0 cm³/mol. The Morgan fingerprint density at radius 2 is 2.10 bits per heavy atom. The highest BCUT2D eigenvalue weighted by Crippen LogP contribution is 2.26. The second kappa shape index (κ2) is 6.34. The number of nitrogens with zero attached hydrogens (tertiary/aromatic N) is 1. The Morgan fingerprint density at radius 1 is 1.35 bits per heavy atom. The average molecular weight is 274 g/mol. The molecule has 0 radical (unpaired) electrons. The van der Waals surface area contributed by atoms with Crippen LogP contribution < -0.4 is 10.3 Å². The average Bonchev–Trinajstić information content (AvgIpc) is 2.43. The Balaban J connectivity index is 2.52. The molecular formula is C15H18N2O3. The number of H-pyrrole nitrogens is 1. The van der Waals surface area contributed by atoms with Gasteiger partial charge in [-0.25, -0.2) is 4.98 Å². The molecule has 106 valence electrons. The Hall–Kier alpha value is -2.14. The molecule has 20 heavy (non-hydrogen) atoms. The van der Waals surface area contributed by atoms with E-state index in [2.05, 4.69) is 9.97 Å². The van der Waals surface area contributed by atoms with Gasteiger partial charge in [-0.05, 0) is 26.0 Å². The number of ether oxygens (including phenoxy) is 1. The second-order valence-corrected chi connectivity index (χ2v) is 4.38. The van der Waals surface area contributed by atoms with Crippen LogP contribution in [0, 0.1) is 6.92 Å². The standard InChI is InChI=1S/C15H18N2O3/c1-3-20-13-7-5-4-6-12(13)14-16-10(2)11(8-9-18)15(19)17-14/h4-7,18H,3,8-9H2,1-2H3,(H,16,17,19). The van der Waals surface area contributed by atoms with Crippen molar-refractivity contribution in [2.24, 2.45) is 0 Å². The maximum atomic E-state index is 12.0. The third-order valence-corrected chi connectivity index (χ3v) is 3.03. The number of para-hydroxylation sites is 1. The highest BCUT2D eigenvalue weighted by atomic mass is 16.5. The van der Waals surface area contributed by atoms with Crippen LogP contribution in [0.25, 0.3) is 11.4 Å². The van der Waals surface area contributed by atoms with Crippen molar-refractivity contribution in [1.82, 2.24) is 9.97 Å². The molecule has 0 amide bonds. The molecule has 0 fully saturated rings. The lowest BCUT2D eigenvalue weighted by molar-refractivity contribution is 0.298. The quantitative estimate of drug-likeness (QED) is 0.869. The van der Waals surface area contributed by atoms with E-state index in [1.54, 1.807) is 6.92 Å². The van der Waals surface area contributed by atoms with Crippen LogP contribution >= 0.6 is 0 Å². The van der Waals surface area contributed by atoms with Crippen LogP contribution in [-0.4, -0.2) is 28.3 Å². The fraction of sp³-hybridized carbons (Fsp3) is 0.333. The molecule has 0 aliphatic rings. The van der Waals surface area contributed by atoms with E-state index in [1.165, 1.54) is 0 Å². The molecule has 0 unspecified atom stereocenters. The monoisotopic (exact) mass is 274 g/mol. The summed E-state index contributed by atoms with van der Waals surface area (Å²) in [7, 11) is 0. The van der Waals surface area contributed by atoms with Crippen molar-refractivity contribution in [1.29, 1.82) is 0 Å². The normalized spacial score (nSPS) is 10.6. The minimum atomic E-state index is -0.215. The third kappa shape index (κ3) is 2.88. The first kappa shape index (κ1) is 14.3. The number of aromatic nitrogens is 2. The minimum Gasteiger partial charge on any atom is -0.493 e. The number of nitrogens with one attached hydrogen (secondary N) is 1. The lowest BCUT2D eigenvalue weighted by Gasteiger charge is -2.11. The molecule has 0 bridgehead atoms. The Labute approximate surface area is 117 Å². The Kier molecular flexibility index (Phi) is 4.53. The first-order valence-electron chi connectivity index (χ1n) is 6.60. The molecule has 0 saturated carbocycles. The molecular weight excluding hydrogens is 256 g/mol. The molecule has 2 rings (SSSR count). The molecule has 1 heterocycles. The first-order chi connectivity index (χ1) is 9.67. The molecule has 0 aliphatic carbocycles. The van der Waals surface area contributed by atoms with Crippen molar-refractivity contribution in [2.45, 2.75) is 20.3 Å². The zero-order chi connectivity index (χ0) is 14.5. The summed E-state index contributed by atoms with van der Waals surface area (Å²) < 4.78 is 5.55. The van der Waals surface area contributed by atoms with Crippen LogP contribution in [0.1, 0.15) is 18.2 Å². The minimum absolute atomic E-state index is 0.0690. The maximum Gasteiger partial charge on any atom is 0.254 e. The molecule has 0 spiro atoms. The van der Waals surface area contributed by atoms with Gasteiger partial charge in [-0.15, -0.1) is 0 Å². The fourth-order valence-electron chi connectivity index (χ4n) is 2.09. The van der Waals surface area contributed by atoms with E-state index < -0.39 is 0 Å². The summed E-state index contributed by atoms with van der Waals surface area (Å²) >= 11 is 0. The fourth-order valence-corrected chi connectivity index (χ4v) is 2.09. The molecule has 1 aromatic carbocycles. The number of hydrogen-bond acceptors (Lipinski definition) is 4. The van der Waals surface area contributed by atoms with Crippen molar-refractivity contribution in [3.63, 3.8) is 0 Å².